The lowest BCUT2D eigenvalue weighted by molar-refractivity contribution is 0.418. The van der Waals surface area contributed by atoms with Crippen LogP contribution < -0.4 is 10.1 Å². The highest BCUT2D eigenvalue weighted by Gasteiger charge is 2.12. The molecule has 2 aromatic heterocycles. The molecule has 4 aromatic rings. The first-order chi connectivity index (χ1) is 17.0. The average Bonchev–Trinajstić information content (AvgIpc) is 2.88. The van der Waals surface area contributed by atoms with Gasteiger partial charge in [-0.15, -0.1) is 0 Å². The summed E-state index contributed by atoms with van der Waals surface area (Å²) < 4.78 is 19.1. The fourth-order valence-corrected chi connectivity index (χ4v) is 4.43. The molecule has 0 aliphatic heterocycles. The minimum atomic E-state index is -0.236. The molecule has 180 valence electrons. The monoisotopic (exact) mass is 469 g/mol. The number of aromatic nitrogens is 2. The first-order valence-corrected chi connectivity index (χ1v) is 12.1. The lowest BCUT2D eigenvalue weighted by Crippen LogP contribution is -2.17. The van der Waals surface area contributed by atoms with Crippen LogP contribution in [-0.4, -0.2) is 23.6 Å². The van der Waals surface area contributed by atoms with Crippen LogP contribution in [0.15, 0.2) is 66.9 Å². The quantitative estimate of drug-likeness (QED) is 0.290. The molecular weight excluding hydrogens is 437 g/mol. The topological polar surface area (TPSA) is 47.0 Å². The van der Waals surface area contributed by atoms with Crippen molar-refractivity contribution in [1.82, 2.24) is 15.3 Å². The average molecular weight is 470 g/mol. The van der Waals surface area contributed by atoms with Gasteiger partial charge in [-0.2, -0.15) is 0 Å². The number of halogens is 1. The number of aryl methyl sites for hydroxylation is 1. The maximum atomic E-state index is 13.5. The molecule has 2 heterocycles. The van der Waals surface area contributed by atoms with Gasteiger partial charge in [-0.3, -0.25) is 9.97 Å². The Morgan fingerprint density at radius 1 is 1.09 bits per heavy atom. The van der Waals surface area contributed by atoms with E-state index >= 15 is 0 Å². The maximum absolute atomic E-state index is 13.5. The highest BCUT2D eigenvalue weighted by Crippen LogP contribution is 2.29. The molecule has 35 heavy (non-hydrogen) atoms. The molecule has 1 N–H and O–H groups in total. The van der Waals surface area contributed by atoms with Crippen LogP contribution in [0.5, 0.6) is 5.75 Å². The Hall–Kier alpha value is -3.73. The lowest BCUT2D eigenvalue weighted by atomic mass is 9.97. The summed E-state index contributed by atoms with van der Waals surface area (Å²) in [6, 6.07) is 17.0. The van der Waals surface area contributed by atoms with Gasteiger partial charge in [-0.1, -0.05) is 25.5 Å². The number of nitrogens with zero attached hydrogens (tertiary/aromatic N) is 2. The number of nitrogens with one attached hydrogen (secondary N) is 1. The van der Waals surface area contributed by atoms with Crippen LogP contribution in [0.4, 0.5) is 4.39 Å². The van der Waals surface area contributed by atoms with Gasteiger partial charge in [0.2, 0.25) is 0 Å². The molecule has 0 radical (unpaired) electrons. The van der Waals surface area contributed by atoms with Crippen LogP contribution in [-0.2, 0) is 12.8 Å². The third-order valence-corrected chi connectivity index (χ3v) is 6.26. The van der Waals surface area contributed by atoms with Gasteiger partial charge in [0.15, 0.2) is 0 Å². The van der Waals surface area contributed by atoms with E-state index in [1.165, 1.54) is 23.3 Å². The molecule has 5 heteroatoms. The molecule has 4 nitrogen and oxygen atoms in total. The smallest absolute Gasteiger partial charge is 0.145 e. The Kier molecular flexibility index (Phi) is 7.76. The van der Waals surface area contributed by atoms with Crippen LogP contribution in [0.1, 0.15) is 42.7 Å². The normalized spacial score (nSPS) is 11.6. The molecule has 0 saturated heterocycles. The summed E-state index contributed by atoms with van der Waals surface area (Å²) in [4.78, 5) is 9.42. The molecule has 0 amide bonds. The summed E-state index contributed by atoms with van der Waals surface area (Å²) in [7, 11) is 1.67. The van der Waals surface area contributed by atoms with E-state index in [9.17, 15) is 4.39 Å². The molecule has 0 spiro atoms. The van der Waals surface area contributed by atoms with E-state index in [1.54, 1.807) is 13.3 Å². The van der Waals surface area contributed by atoms with Crippen molar-refractivity contribution in [2.45, 2.75) is 40.0 Å². The third kappa shape index (κ3) is 5.51. The summed E-state index contributed by atoms with van der Waals surface area (Å²) in [6.07, 6.45) is 6.68. The highest BCUT2D eigenvalue weighted by molar-refractivity contribution is 5.88. The number of hydrogen-bond acceptors (Lipinski definition) is 4. The minimum Gasteiger partial charge on any atom is -0.494 e. The molecule has 0 atom stereocenters. The van der Waals surface area contributed by atoms with Crippen molar-refractivity contribution >= 4 is 16.6 Å². The van der Waals surface area contributed by atoms with Gasteiger partial charge >= 0.3 is 0 Å². The highest BCUT2D eigenvalue weighted by atomic mass is 19.1. The molecule has 0 bridgehead atoms. The number of benzene rings is 2. The Balaban J connectivity index is 1.56. The number of hydrogen-bond donors (Lipinski definition) is 1. The summed E-state index contributed by atoms with van der Waals surface area (Å²) >= 11 is 0. The van der Waals surface area contributed by atoms with E-state index in [1.807, 2.05) is 37.3 Å². The van der Waals surface area contributed by atoms with E-state index in [-0.39, 0.29) is 5.82 Å². The lowest BCUT2D eigenvalue weighted by Gasteiger charge is -2.16. The number of allylic oxidation sites excluding steroid dienone is 1. The fraction of sp³-hybridized carbons (Fsp3) is 0.267. The van der Waals surface area contributed by atoms with Gasteiger partial charge in [0, 0.05) is 47.1 Å². The van der Waals surface area contributed by atoms with Gasteiger partial charge in [-0.05, 0) is 79.9 Å². The van der Waals surface area contributed by atoms with Crippen molar-refractivity contribution in [3.8, 4) is 17.0 Å². The van der Waals surface area contributed by atoms with E-state index in [0.717, 1.165) is 70.7 Å². The first kappa shape index (κ1) is 24.4. The largest absolute Gasteiger partial charge is 0.494 e. The van der Waals surface area contributed by atoms with Gasteiger partial charge in [0.25, 0.3) is 0 Å². The molecular formula is C30H32FN3O. The van der Waals surface area contributed by atoms with Gasteiger partial charge in [0.1, 0.15) is 17.1 Å². The predicted octanol–water partition coefficient (Wildman–Crippen LogP) is 6.90. The number of ether oxygens (including phenoxy) is 1. The second-order valence-electron chi connectivity index (χ2n) is 8.64. The summed E-state index contributed by atoms with van der Waals surface area (Å²) in [5.41, 5.74) is 8.33. The van der Waals surface area contributed by atoms with Gasteiger partial charge in [0.05, 0.1) is 12.8 Å². The molecule has 0 aliphatic rings. The van der Waals surface area contributed by atoms with Crippen LogP contribution in [0.2, 0.25) is 0 Å². The SMILES string of the molecule is CC=C(NCCc1cc(CCC)c(C)c(-c2ccc(F)cc2)n1)c1cc(OC)c2ncccc2c1. The number of fused-ring (bicyclic) bond motifs is 1. The number of pyridine rings is 2. The van der Waals surface area contributed by atoms with Crippen LogP contribution in [0.25, 0.3) is 27.9 Å². The van der Waals surface area contributed by atoms with E-state index in [0.29, 0.717) is 0 Å². The fourth-order valence-electron chi connectivity index (χ4n) is 4.43. The van der Waals surface area contributed by atoms with Crippen LogP contribution >= 0.6 is 0 Å². The zero-order valence-electron chi connectivity index (χ0n) is 20.9. The molecule has 2 aromatic carbocycles. The summed E-state index contributed by atoms with van der Waals surface area (Å²) in [5, 5.41) is 4.62. The third-order valence-electron chi connectivity index (χ3n) is 6.26. The molecule has 0 fully saturated rings. The summed E-state index contributed by atoms with van der Waals surface area (Å²) in [5.74, 6) is 0.521. The van der Waals surface area contributed by atoms with E-state index in [2.05, 4.69) is 42.4 Å². The minimum absolute atomic E-state index is 0.236. The second kappa shape index (κ2) is 11.1. The van der Waals surface area contributed by atoms with Crippen molar-refractivity contribution in [3.05, 3.63) is 95.1 Å². The summed E-state index contributed by atoms with van der Waals surface area (Å²) in [6.45, 7) is 7.05. The molecule has 0 aliphatic carbocycles. The van der Waals surface area contributed by atoms with Crippen molar-refractivity contribution in [1.29, 1.82) is 0 Å². The Morgan fingerprint density at radius 3 is 2.60 bits per heavy atom. The van der Waals surface area contributed by atoms with Crippen molar-refractivity contribution in [2.24, 2.45) is 0 Å². The molecule has 0 saturated carbocycles. The zero-order chi connectivity index (χ0) is 24.8. The van der Waals surface area contributed by atoms with Crippen molar-refractivity contribution < 1.29 is 9.13 Å². The standard InChI is InChI=1S/C30H32FN3O/c1-5-8-22-18-26(34-29(20(22)3)21-10-12-25(31)13-11-21)14-16-32-27(6-2)24-17-23-9-7-15-33-30(23)28(19-24)35-4/h6-7,9-13,15,17-19,32H,5,8,14,16H2,1-4H3. The maximum Gasteiger partial charge on any atom is 0.145 e. The first-order valence-electron chi connectivity index (χ1n) is 12.1. The predicted molar refractivity (Wildman–Crippen MR) is 142 cm³/mol. The zero-order valence-corrected chi connectivity index (χ0v) is 20.9. The van der Waals surface area contributed by atoms with Crippen molar-refractivity contribution in [2.75, 3.05) is 13.7 Å². The van der Waals surface area contributed by atoms with E-state index in [4.69, 9.17) is 9.72 Å². The Labute approximate surface area is 206 Å². The Morgan fingerprint density at radius 2 is 1.89 bits per heavy atom. The van der Waals surface area contributed by atoms with Gasteiger partial charge < -0.3 is 10.1 Å². The molecule has 0 unspecified atom stereocenters. The number of rotatable bonds is 9. The van der Waals surface area contributed by atoms with Crippen molar-refractivity contribution in [3.63, 3.8) is 0 Å². The number of methoxy groups -OCH3 is 1. The van der Waals surface area contributed by atoms with Crippen LogP contribution in [0.3, 0.4) is 0 Å². The Bertz CT molecular complexity index is 1350. The second-order valence-corrected chi connectivity index (χ2v) is 8.64. The van der Waals surface area contributed by atoms with E-state index < -0.39 is 0 Å². The molecule has 4 rings (SSSR count). The van der Waals surface area contributed by atoms with Crippen LogP contribution in [0, 0.1) is 12.7 Å². The van der Waals surface area contributed by atoms with Gasteiger partial charge in [-0.25, -0.2) is 4.39 Å².